The number of hydrogen-bond acceptors (Lipinski definition) is 4. The van der Waals surface area contributed by atoms with E-state index >= 15 is 0 Å². The van der Waals surface area contributed by atoms with Crippen molar-refractivity contribution in [3.8, 4) is 17.2 Å². The number of carbonyl (C=O) groups excluding carboxylic acids is 1. The van der Waals surface area contributed by atoms with Crippen LogP contribution in [-0.4, -0.2) is 19.1 Å². The topological polar surface area (TPSA) is 73.6 Å². The molecule has 2 rings (SSSR count). The SMILES string of the molecule is COc1ccccc1Oc1ccc(NC(=O)[C@@H](N)CC(C)C)cc1F.Cl. The Labute approximate surface area is 159 Å². The Morgan fingerprint density at radius 1 is 1.15 bits per heavy atom. The minimum atomic E-state index is -0.632. The summed E-state index contributed by atoms with van der Waals surface area (Å²) in [6, 6.07) is 10.5. The second-order valence-electron chi connectivity index (χ2n) is 6.12. The molecule has 0 saturated carbocycles. The summed E-state index contributed by atoms with van der Waals surface area (Å²) in [5.74, 6) is 0.300. The summed E-state index contributed by atoms with van der Waals surface area (Å²) >= 11 is 0. The van der Waals surface area contributed by atoms with Gasteiger partial charge < -0.3 is 20.5 Å². The van der Waals surface area contributed by atoms with E-state index in [0.717, 1.165) is 0 Å². The van der Waals surface area contributed by atoms with E-state index in [1.165, 1.54) is 19.2 Å². The van der Waals surface area contributed by atoms with Gasteiger partial charge in [0.05, 0.1) is 13.2 Å². The normalized spacial score (nSPS) is 11.5. The van der Waals surface area contributed by atoms with Crippen LogP contribution in [0.1, 0.15) is 20.3 Å². The van der Waals surface area contributed by atoms with Crippen molar-refractivity contribution in [1.82, 2.24) is 0 Å². The first kappa shape index (κ1) is 21.7. The highest BCUT2D eigenvalue weighted by atomic mass is 35.5. The molecule has 3 N–H and O–H groups in total. The minimum Gasteiger partial charge on any atom is -0.493 e. The van der Waals surface area contributed by atoms with Crippen LogP contribution >= 0.6 is 12.4 Å². The minimum absolute atomic E-state index is 0. The van der Waals surface area contributed by atoms with Gasteiger partial charge in [-0.3, -0.25) is 4.79 Å². The number of rotatable bonds is 7. The predicted octanol–water partition coefficient (Wildman–Crippen LogP) is 4.36. The molecule has 0 bridgehead atoms. The van der Waals surface area contributed by atoms with Gasteiger partial charge in [-0.25, -0.2) is 4.39 Å². The Morgan fingerprint density at radius 3 is 2.38 bits per heavy atom. The van der Waals surface area contributed by atoms with Crippen molar-refractivity contribution < 1.29 is 18.7 Å². The van der Waals surface area contributed by atoms with Crippen LogP contribution in [0.5, 0.6) is 17.2 Å². The molecule has 0 aliphatic carbocycles. The van der Waals surface area contributed by atoms with Gasteiger partial charge >= 0.3 is 0 Å². The third kappa shape index (κ3) is 5.89. The standard InChI is InChI=1S/C19H23FN2O3.ClH/c1-12(2)10-15(21)19(23)22-13-8-9-16(14(20)11-13)25-18-7-5-4-6-17(18)24-3;/h4-9,11-12,15H,10,21H2,1-3H3,(H,22,23);1H/t15-;/m0./s1. The van der Waals surface area contributed by atoms with Crippen molar-refractivity contribution in [3.05, 3.63) is 48.3 Å². The van der Waals surface area contributed by atoms with Crippen molar-refractivity contribution in [2.45, 2.75) is 26.3 Å². The highest BCUT2D eigenvalue weighted by molar-refractivity contribution is 5.94. The lowest BCUT2D eigenvalue weighted by atomic mass is 10.0. The number of methoxy groups -OCH3 is 1. The number of halogens is 2. The van der Waals surface area contributed by atoms with E-state index in [4.69, 9.17) is 15.2 Å². The van der Waals surface area contributed by atoms with Gasteiger partial charge in [0.2, 0.25) is 5.91 Å². The monoisotopic (exact) mass is 382 g/mol. The van der Waals surface area contributed by atoms with Gasteiger partial charge in [0.15, 0.2) is 23.1 Å². The third-order valence-corrected chi connectivity index (χ3v) is 3.55. The molecule has 0 saturated heterocycles. The summed E-state index contributed by atoms with van der Waals surface area (Å²) in [5, 5.41) is 2.62. The zero-order valence-corrected chi connectivity index (χ0v) is 15.8. The number of hydrogen-bond donors (Lipinski definition) is 2. The molecule has 0 radical (unpaired) electrons. The molecule has 142 valence electrons. The first-order valence-corrected chi connectivity index (χ1v) is 8.07. The molecule has 0 aliphatic rings. The van der Waals surface area contributed by atoms with E-state index in [9.17, 15) is 9.18 Å². The van der Waals surface area contributed by atoms with Gasteiger partial charge in [-0.2, -0.15) is 0 Å². The maximum absolute atomic E-state index is 14.3. The van der Waals surface area contributed by atoms with Crippen LogP contribution in [0.25, 0.3) is 0 Å². The average molecular weight is 383 g/mol. The van der Waals surface area contributed by atoms with E-state index in [1.54, 1.807) is 30.3 Å². The summed E-state index contributed by atoms with van der Waals surface area (Å²) < 4.78 is 25.0. The molecular formula is C19H24ClFN2O3. The molecule has 0 aliphatic heterocycles. The van der Waals surface area contributed by atoms with Crippen molar-refractivity contribution >= 4 is 24.0 Å². The summed E-state index contributed by atoms with van der Waals surface area (Å²) in [4.78, 5) is 12.0. The van der Waals surface area contributed by atoms with Gasteiger partial charge in [0.25, 0.3) is 0 Å². The molecule has 2 aromatic carbocycles. The van der Waals surface area contributed by atoms with E-state index in [0.29, 0.717) is 29.5 Å². The molecule has 0 aromatic heterocycles. The fourth-order valence-corrected chi connectivity index (χ4v) is 2.33. The first-order chi connectivity index (χ1) is 11.9. The van der Waals surface area contributed by atoms with Crippen molar-refractivity contribution in [3.63, 3.8) is 0 Å². The van der Waals surface area contributed by atoms with Gasteiger partial charge in [0.1, 0.15) is 0 Å². The largest absolute Gasteiger partial charge is 0.493 e. The molecule has 1 atom stereocenters. The molecule has 0 heterocycles. The number of anilines is 1. The third-order valence-electron chi connectivity index (χ3n) is 3.55. The van der Waals surface area contributed by atoms with E-state index in [2.05, 4.69) is 5.32 Å². The molecule has 5 nitrogen and oxygen atoms in total. The van der Waals surface area contributed by atoms with E-state index in [-0.39, 0.29) is 24.1 Å². The molecule has 2 aromatic rings. The zero-order valence-electron chi connectivity index (χ0n) is 15.0. The number of nitrogens with two attached hydrogens (primary N) is 1. The number of para-hydroxylation sites is 2. The summed E-state index contributed by atoms with van der Waals surface area (Å²) in [6.07, 6.45) is 0.559. The second kappa shape index (κ2) is 9.99. The zero-order chi connectivity index (χ0) is 18.4. The van der Waals surface area contributed by atoms with Crippen molar-refractivity contribution in [2.75, 3.05) is 12.4 Å². The molecule has 0 spiro atoms. The second-order valence-corrected chi connectivity index (χ2v) is 6.12. The first-order valence-electron chi connectivity index (χ1n) is 8.07. The van der Waals surface area contributed by atoms with Crippen LogP contribution in [0.15, 0.2) is 42.5 Å². The Hall–Kier alpha value is -2.31. The average Bonchev–Trinajstić information content (AvgIpc) is 2.57. The maximum atomic E-state index is 14.3. The number of benzene rings is 2. The van der Waals surface area contributed by atoms with Crippen molar-refractivity contribution in [2.24, 2.45) is 11.7 Å². The quantitative estimate of drug-likeness (QED) is 0.746. The van der Waals surface area contributed by atoms with Crippen LogP contribution < -0.4 is 20.5 Å². The Kier molecular flexibility index (Phi) is 8.35. The summed E-state index contributed by atoms with van der Waals surface area (Å²) in [7, 11) is 1.51. The van der Waals surface area contributed by atoms with Gasteiger partial charge in [-0.1, -0.05) is 26.0 Å². The summed E-state index contributed by atoms with van der Waals surface area (Å²) in [6.45, 7) is 3.97. The van der Waals surface area contributed by atoms with E-state index in [1.807, 2.05) is 13.8 Å². The Bertz CT molecular complexity index is 740. The molecule has 0 fully saturated rings. The lowest BCUT2D eigenvalue weighted by Crippen LogP contribution is -2.36. The fraction of sp³-hybridized carbons (Fsp3) is 0.316. The van der Waals surface area contributed by atoms with Crippen LogP contribution in [0, 0.1) is 11.7 Å². The summed E-state index contributed by atoms with van der Waals surface area (Å²) in [5.41, 5.74) is 6.15. The number of amides is 1. The molecular weight excluding hydrogens is 359 g/mol. The number of ether oxygens (including phenoxy) is 2. The lowest BCUT2D eigenvalue weighted by Gasteiger charge is -2.15. The Balaban J connectivity index is 0.00000338. The smallest absolute Gasteiger partial charge is 0.241 e. The predicted molar refractivity (Wildman–Crippen MR) is 103 cm³/mol. The Morgan fingerprint density at radius 2 is 1.81 bits per heavy atom. The van der Waals surface area contributed by atoms with Crippen LogP contribution in [-0.2, 0) is 4.79 Å². The van der Waals surface area contributed by atoms with Gasteiger partial charge in [-0.15, -0.1) is 12.4 Å². The van der Waals surface area contributed by atoms with Crippen molar-refractivity contribution in [1.29, 1.82) is 0 Å². The van der Waals surface area contributed by atoms with Crippen LogP contribution in [0.4, 0.5) is 10.1 Å². The molecule has 1 amide bonds. The van der Waals surface area contributed by atoms with Crippen LogP contribution in [0.3, 0.4) is 0 Å². The van der Waals surface area contributed by atoms with Crippen LogP contribution in [0.2, 0.25) is 0 Å². The number of nitrogens with one attached hydrogen (secondary N) is 1. The maximum Gasteiger partial charge on any atom is 0.241 e. The van der Waals surface area contributed by atoms with E-state index < -0.39 is 11.9 Å². The lowest BCUT2D eigenvalue weighted by molar-refractivity contribution is -0.117. The van der Waals surface area contributed by atoms with Gasteiger partial charge in [-0.05, 0) is 36.6 Å². The fourth-order valence-electron chi connectivity index (χ4n) is 2.33. The highest BCUT2D eigenvalue weighted by Gasteiger charge is 2.16. The highest BCUT2D eigenvalue weighted by Crippen LogP contribution is 2.33. The molecule has 26 heavy (non-hydrogen) atoms. The molecule has 7 heteroatoms. The number of carbonyl (C=O) groups is 1. The molecule has 0 unspecified atom stereocenters. The van der Waals surface area contributed by atoms with Gasteiger partial charge in [0, 0.05) is 11.8 Å².